The molecule has 0 saturated heterocycles. The maximum atomic E-state index is 12.7. The maximum absolute atomic E-state index is 12.7. The summed E-state index contributed by atoms with van der Waals surface area (Å²) >= 11 is 12.1. The van der Waals surface area contributed by atoms with Crippen molar-refractivity contribution < 1.29 is 19.0 Å². The van der Waals surface area contributed by atoms with Crippen LogP contribution in [0.3, 0.4) is 0 Å². The molecule has 0 fully saturated rings. The van der Waals surface area contributed by atoms with Gasteiger partial charge in [-0.2, -0.15) is 0 Å². The molecule has 0 saturated carbocycles. The first-order valence-electron chi connectivity index (χ1n) is 9.75. The molecular weight excluding hydrogens is 437 g/mol. The number of amides is 1. The Morgan fingerprint density at radius 1 is 0.935 bits per heavy atom. The third kappa shape index (κ3) is 6.29. The molecule has 162 valence electrons. The fraction of sp³-hybridized carbons (Fsp3) is 0.208. The van der Waals surface area contributed by atoms with E-state index in [9.17, 15) is 4.79 Å². The van der Waals surface area contributed by atoms with Crippen molar-refractivity contribution >= 4 is 29.1 Å². The van der Waals surface area contributed by atoms with Crippen LogP contribution in [-0.4, -0.2) is 19.6 Å². The average Bonchev–Trinajstić information content (AvgIpc) is 2.78. The summed E-state index contributed by atoms with van der Waals surface area (Å²) in [5.74, 6) is 1.81. The summed E-state index contributed by atoms with van der Waals surface area (Å²) < 4.78 is 16.8. The molecule has 0 aliphatic rings. The molecule has 3 aromatic rings. The van der Waals surface area contributed by atoms with Crippen LogP contribution in [-0.2, 0) is 13.2 Å². The van der Waals surface area contributed by atoms with Crippen molar-refractivity contribution in [1.29, 1.82) is 0 Å². The standard InChI is InChI=1S/C24H23Cl2NO4/c1-3-30-23-10-8-16(24(28)27-14-17-7-9-19(25)12-22(17)26)11-18(23)15-31-21-6-4-5-20(13-21)29-2/h4-13H,3,14-15H2,1-2H3,(H,27,28). The van der Waals surface area contributed by atoms with Crippen molar-refractivity contribution in [1.82, 2.24) is 5.32 Å². The van der Waals surface area contributed by atoms with Gasteiger partial charge in [0.15, 0.2) is 0 Å². The molecule has 0 aliphatic heterocycles. The summed E-state index contributed by atoms with van der Waals surface area (Å²) in [7, 11) is 1.60. The second kappa shape index (κ2) is 10.9. The van der Waals surface area contributed by atoms with Crippen LogP contribution < -0.4 is 19.5 Å². The number of carbonyl (C=O) groups excluding carboxylic acids is 1. The van der Waals surface area contributed by atoms with Crippen LogP contribution in [0.25, 0.3) is 0 Å². The Bertz CT molecular complexity index is 1060. The highest BCUT2D eigenvalue weighted by atomic mass is 35.5. The molecule has 0 aliphatic carbocycles. The van der Waals surface area contributed by atoms with Gasteiger partial charge in [0, 0.05) is 33.8 Å². The van der Waals surface area contributed by atoms with E-state index in [4.69, 9.17) is 37.4 Å². The lowest BCUT2D eigenvalue weighted by molar-refractivity contribution is 0.0950. The molecule has 1 amide bonds. The fourth-order valence-corrected chi connectivity index (χ4v) is 3.40. The number of hydrogen-bond acceptors (Lipinski definition) is 4. The van der Waals surface area contributed by atoms with Gasteiger partial charge in [0.25, 0.3) is 5.91 Å². The van der Waals surface area contributed by atoms with Crippen LogP contribution in [0.15, 0.2) is 60.7 Å². The van der Waals surface area contributed by atoms with Crippen molar-refractivity contribution in [2.45, 2.75) is 20.1 Å². The van der Waals surface area contributed by atoms with Gasteiger partial charge in [-0.3, -0.25) is 4.79 Å². The summed E-state index contributed by atoms with van der Waals surface area (Å²) in [5.41, 5.74) is 2.05. The zero-order valence-electron chi connectivity index (χ0n) is 17.3. The van der Waals surface area contributed by atoms with Crippen LogP contribution >= 0.6 is 23.2 Å². The summed E-state index contributed by atoms with van der Waals surface area (Å²) in [4.78, 5) is 12.7. The van der Waals surface area contributed by atoms with E-state index in [1.807, 2.05) is 25.1 Å². The van der Waals surface area contributed by atoms with E-state index >= 15 is 0 Å². The first kappa shape index (κ1) is 22.8. The molecule has 0 bridgehead atoms. The molecule has 0 heterocycles. The van der Waals surface area contributed by atoms with E-state index in [1.54, 1.807) is 49.6 Å². The summed E-state index contributed by atoms with van der Waals surface area (Å²) in [5, 5.41) is 3.93. The summed E-state index contributed by atoms with van der Waals surface area (Å²) in [6, 6.07) is 17.8. The summed E-state index contributed by atoms with van der Waals surface area (Å²) in [6.07, 6.45) is 0. The van der Waals surface area contributed by atoms with Gasteiger partial charge in [-0.05, 0) is 55.0 Å². The molecule has 0 aromatic heterocycles. The molecule has 3 rings (SSSR count). The van der Waals surface area contributed by atoms with Gasteiger partial charge >= 0.3 is 0 Å². The number of nitrogens with one attached hydrogen (secondary N) is 1. The molecule has 3 aromatic carbocycles. The second-order valence-corrected chi connectivity index (χ2v) is 7.49. The molecule has 0 spiro atoms. The first-order chi connectivity index (χ1) is 15.0. The van der Waals surface area contributed by atoms with E-state index in [2.05, 4.69) is 5.32 Å². The maximum Gasteiger partial charge on any atom is 0.251 e. The highest BCUT2D eigenvalue weighted by molar-refractivity contribution is 6.35. The van der Waals surface area contributed by atoms with Crippen LogP contribution in [0, 0.1) is 0 Å². The predicted octanol–water partition coefficient (Wildman–Crippen LogP) is 5.91. The molecule has 5 nitrogen and oxygen atoms in total. The van der Waals surface area contributed by atoms with Gasteiger partial charge in [0.2, 0.25) is 0 Å². The van der Waals surface area contributed by atoms with E-state index in [-0.39, 0.29) is 19.1 Å². The Hall–Kier alpha value is -2.89. The predicted molar refractivity (Wildman–Crippen MR) is 123 cm³/mol. The quantitative estimate of drug-likeness (QED) is 0.432. The van der Waals surface area contributed by atoms with E-state index in [0.717, 1.165) is 11.1 Å². The molecule has 31 heavy (non-hydrogen) atoms. The monoisotopic (exact) mass is 459 g/mol. The molecule has 0 unspecified atom stereocenters. The van der Waals surface area contributed by atoms with E-state index in [0.29, 0.717) is 39.5 Å². The Balaban J connectivity index is 1.72. The number of benzene rings is 3. The number of methoxy groups -OCH3 is 1. The Morgan fingerprint density at radius 3 is 2.48 bits per heavy atom. The molecule has 7 heteroatoms. The average molecular weight is 460 g/mol. The van der Waals surface area contributed by atoms with Crippen LogP contribution in [0.5, 0.6) is 17.2 Å². The largest absolute Gasteiger partial charge is 0.497 e. The number of ether oxygens (including phenoxy) is 3. The van der Waals surface area contributed by atoms with Crippen molar-refractivity contribution in [2.75, 3.05) is 13.7 Å². The van der Waals surface area contributed by atoms with Gasteiger partial charge in [-0.1, -0.05) is 35.3 Å². The first-order valence-corrected chi connectivity index (χ1v) is 10.5. The fourth-order valence-electron chi connectivity index (χ4n) is 2.92. The lowest BCUT2D eigenvalue weighted by Gasteiger charge is -2.14. The van der Waals surface area contributed by atoms with Crippen molar-refractivity contribution in [3.05, 3.63) is 87.4 Å². The van der Waals surface area contributed by atoms with E-state index < -0.39 is 0 Å². The zero-order valence-corrected chi connectivity index (χ0v) is 18.8. The highest BCUT2D eigenvalue weighted by Crippen LogP contribution is 2.25. The molecule has 1 N–H and O–H groups in total. The number of carbonyl (C=O) groups is 1. The number of hydrogen-bond donors (Lipinski definition) is 1. The zero-order chi connectivity index (χ0) is 22.2. The van der Waals surface area contributed by atoms with Gasteiger partial charge in [0.1, 0.15) is 23.9 Å². The second-order valence-electron chi connectivity index (χ2n) is 6.64. The minimum absolute atomic E-state index is 0.225. The van der Waals surface area contributed by atoms with E-state index in [1.165, 1.54) is 0 Å². The minimum Gasteiger partial charge on any atom is -0.497 e. The lowest BCUT2D eigenvalue weighted by Crippen LogP contribution is -2.23. The molecule has 0 atom stereocenters. The SMILES string of the molecule is CCOc1ccc(C(=O)NCc2ccc(Cl)cc2Cl)cc1COc1cccc(OC)c1. The summed E-state index contributed by atoms with van der Waals surface area (Å²) in [6.45, 7) is 2.94. The van der Waals surface area contributed by atoms with Gasteiger partial charge < -0.3 is 19.5 Å². The van der Waals surface area contributed by atoms with Gasteiger partial charge in [-0.15, -0.1) is 0 Å². The number of halogens is 2. The topological polar surface area (TPSA) is 56.8 Å². The Morgan fingerprint density at radius 2 is 1.74 bits per heavy atom. The Kier molecular flexibility index (Phi) is 8.04. The van der Waals surface area contributed by atoms with Crippen LogP contribution in [0.4, 0.5) is 0 Å². The van der Waals surface area contributed by atoms with Gasteiger partial charge in [0.05, 0.1) is 13.7 Å². The van der Waals surface area contributed by atoms with Crippen LogP contribution in [0.1, 0.15) is 28.4 Å². The molecule has 0 radical (unpaired) electrons. The van der Waals surface area contributed by atoms with Crippen molar-refractivity contribution in [3.8, 4) is 17.2 Å². The Labute approximate surface area is 191 Å². The van der Waals surface area contributed by atoms with Gasteiger partial charge in [-0.25, -0.2) is 0 Å². The highest BCUT2D eigenvalue weighted by Gasteiger charge is 2.12. The third-order valence-electron chi connectivity index (χ3n) is 4.51. The van der Waals surface area contributed by atoms with Crippen LogP contribution in [0.2, 0.25) is 10.0 Å². The smallest absolute Gasteiger partial charge is 0.251 e. The minimum atomic E-state index is -0.225. The normalized spacial score (nSPS) is 10.5. The third-order valence-corrected chi connectivity index (χ3v) is 5.10. The molecular formula is C24H23Cl2NO4. The lowest BCUT2D eigenvalue weighted by atomic mass is 10.1. The van der Waals surface area contributed by atoms with Crippen molar-refractivity contribution in [3.63, 3.8) is 0 Å². The number of rotatable bonds is 9. The van der Waals surface area contributed by atoms with Crippen molar-refractivity contribution in [2.24, 2.45) is 0 Å².